The highest BCUT2D eigenvalue weighted by atomic mass is 79.9. The fraction of sp³-hybridized carbons (Fsp3) is 0.286. The molecule has 0 aliphatic rings. The van der Waals surface area contributed by atoms with E-state index in [-0.39, 0.29) is 5.82 Å². The first-order valence-electron chi connectivity index (χ1n) is 6.23. The van der Waals surface area contributed by atoms with Crippen LogP contribution in [0.5, 0.6) is 11.6 Å². The number of hydrogen-bond donors (Lipinski definition) is 1. The topological polar surface area (TPSA) is 47.0 Å². The highest BCUT2D eigenvalue weighted by Crippen LogP contribution is 2.28. The molecule has 0 fully saturated rings. The molecule has 0 bridgehead atoms. The fourth-order valence-electron chi connectivity index (χ4n) is 1.48. The lowest BCUT2D eigenvalue weighted by Crippen LogP contribution is -2.22. The lowest BCUT2D eigenvalue weighted by molar-refractivity contribution is 0.448. The molecule has 6 heteroatoms. The van der Waals surface area contributed by atoms with Crippen LogP contribution in [0.1, 0.15) is 19.5 Å². The third-order valence-corrected chi connectivity index (χ3v) is 3.11. The van der Waals surface area contributed by atoms with E-state index < -0.39 is 0 Å². The summed E-state index contributed by atoms with van der Waals surface area (Å²) in [6, 6.07) is 8.17. The van der Waals surface area contributed by atoms with Crippen LogP contribution in [0.4, 0.5) is 4.39 Å². The van der Waals surface area contributed by atoms with Crippen LogP contribution in [0.3, 0.4) is 0 Å². The number of ether oxygens (including phenoxy) is 1. The molecule has 0 amide bonds. The Bertz CT molecular complexity index is 575. The number of benzene rings is 1. The second-order valence-corrected chi connectivity index (χ2v) is 5.43. The van der Waals surface area contributed by atoms with Gasteiger partial charge >= 0.3 is 0 Å². The number of halogens is 2. The molecule has 1 N–H and O–H groups in total. The summed E-state index contributed by atoms with van der Waals surface area (Å²) >= 11 is 3.24. The lowest BCUT2D eigenvalue weighted by Gasteiger charge is -2.08. The van der Waals surface area contributed by atoms with Gasteiger partial charge in [-0.1, -0.05) is 13.8 Å². The van der Waals surface area contributed by atoms with Crippen LogP contribution in [-0.2, 0) is 6.54 Å². The Morgan fingerprint density at radius 1 is 1.25 bits per heavy atom. The molecule has 2 rings (SSSR count). The zero-order valence-electron chi connectivity index (χ0n) is 11.2. The van der Waals surface area contributed by atoms with E-state index in [2.05, 4.69) is 45.3 Å². The van der Waals surface area contributed by atoms with Crippen molar-refractivity contribution in [3.63, 3.8) is 0 Å². The molecule has 0 spiro atoms. The molecule has 0 saturated carbocycles. The molecule has 0 radical (unpaired) electrons. The maximum atomic E-state index is 13.0. The Balaban J connectivity index is 2.03. The van der Waals surface area contributed by atoms with E-state index in [4.69, 9.17) is 4.74 Å². The van der Waals surface area contributed by atoms with Gasteiger partial charge in [0, 0.05) is 18.7 Å². The Morgan fingerprint density at radius 2 is 2.05 bits per heavy atom. The minimum atomic E-state index is -0.328. The maximum Gasteiger partial charge on any atom is 0.238 e. The standard InChI is InChI=1S/C14H15BrFN3O/c1-9(2)17-8-11-4-6-14(19-18-11)20-13-5-3-10(16)7-12(13)15/h3-7,9,17H,8H2,1-2H3. The van der Waals surface area contributed by atoms with Gasteiger partial charge < -0.3 is 10.1 Å². The highest BCUT2D eigenvalue weighted by Gasteiger charge is 2.06. The average Bonchev–Trinajstić information content (AvgIpc) is 2.41. The summed E-state index contributed by atoms with van der Waals surface area (Å²) in [5.74, 6) is 0.532. The maximum absolute atomic E-state index is 13.0. The van der Waals surface area contributed by atoms with E-state index in [1.54, 1.807) is 6.07 Å². The third-order valence-electron chi connectivity index (χ3n) is 2.50. The third kappa shape index (κ3) is 4.25. The monoisotopic (exact) mass is 339 g/mol. The molecule has 0 aliphatic carbocycles. The van der Waals surface area contributed by atoms with Crippen LogP contribution in [0, 0.1) is 5.82 Å². The number of nitrogens with zero attached hydrogens (tertiary/aromatic N) is 2. The summed E-state index contributed by atoms with van der Waals surface area (Å²) < 4.78 is 19.0. The van der Waals surface area contributed by atoms with Gasteiger partial charge in [-0.2, -0.15) is 5.10 Å². The smallest absolute Gasteiger partial charge is 0.238 e. The summed E-state index contributed by atoms with van der Waals surface area (Å²) in [6.07, 6.45) is 0. The normalized spacial score (nSPS) is 10.8. The SMILES string of the molecule is CC(C)NCc1ccc(Oc2ccc(F)cc2Br)nn1. The molecule has 1 aromatic carbocycles. The van der Waals surface area contributed by atoms with Crippen molar-refractivity contribution in [2.45, 2.75) is 26.4 Å². The summed E-state index contributed by atoms with van der Waals surface area (Å²) in [5, 5.41) is 11.3. The van der Waals surface area contributed by atoms with Crippen LogP contribution in [0.25, 0.3) is 0 Å². The summed E-state index contributed by atoms with van der Waals surface area (Å²) in [7, 11) is 0. The van der Waals surface area contributed by atoms with E-state index in [1.165, 1.54) is 18.2 Å². The van der Waals surface area contributed by atoms with Crippen LogP contribution < -0.4 is 10.1 Å². The van der Waals surface area contributed by atoms with Crippen molar-refractivity contribution >= 4 is 15.9 Å². The van der Waals surface area contributed by atoms with Gasteiger partial charge in [-0.25, -0.2) is 4.39 Å². The van der Waals surface area contributed by atoms with Gasteiger partial charge in [-0.3, -0.25) is 0 Å². The van der Waals surface area contributed by atoms with Crippen molar-refractivity contribution in [2.24, 2.45) is 0 Å². The summed E-state index contributed by atoms with van der Waals surface area (Å²) in [4.78, 5) is 0. The van der Waals surface area contributed by atoms with Crippen molar-refractivity contribution in [3.05, 3.63) is 46.3 Å². The number of rotatable bonds is 5. The lowest BCUT2D eigenvalue weighted by atomic mass is 10.3. The van der Waals surface area contributed by atoms with Gasteiger partial charge in [0.05, 0.1) is 10.2 Å². The van der Waals surface area contributed by atoms with Crippen LogP contribution in [0.2, 0.25) is 0 Å². The van der Waals surface area contributed by atoms with Crippen molar-refractivity contribution in [2.75, 3.05) is 0 Å². The first kappa shape index (κ1) is 14.9. The molecule has 4 nitrogen and oxygen atoms in total. The molecule has 106 valence electrons. The number of hydrogen-bond acceptors (Lipinski definition) is 4. The van der Waals surface area contributed by atoms with Gasteiger partial charge in [0.2, 0.25) is 5.88 Å². The largest absolute Gasteiger partial charge is 0.436 e. The van der Waals surface area contributed by atoms with Gasteiger partial charge in [0.25, 0.3) is 0 Å². The van der Waals surface area contributed by atoms with Crippen LogP contribution >= 0.6 is 15.9 Å². The zero-order valence-corrected chi connectivity index (χ0v) is 12.8. The Hall–Kier alpha value is -1.53. The molecule has 0 unspecified atom stereocenters. The second kappa shape index (κ2) is 6.76. The molecule has 0 atom stereocenters. The van der Waals surface area contributed by atoms with E-state index in [0.717, 1.165) is 5.69 Å². The Labute approximate surface area is 125 Å². The first-order chi connectivity index (χ1) is 9.54. The highest BCUT2D eigenvalue weighted by molar-refractivity contribution is 9.10. The van der Waals surface area contributed by atoms with Gasteiger partial charge in [-0.15, -0.1) is 5.10 Å². The Morgan fingerprint density at radius 3 is 2.65 bits per heavy atom. The van der Waals surface area contributed by atoms with Gasteiger partial charge in [0.15, 0.2) is 0 Å². The molecule has 0 saturated heterocycles. The van der Waals surface area contributed by atoms with E-state index in [0.29, 0.717) is 28.7 Å². The summed E-state index contributed by atoms with van der Waals surface area (Å²) in [6.45, 7) is 4.79. The van der Waals surface area contributed by atoms with Crippen LogP contribution in [0.15, 0.2) is 34.8 Å². The minimum absolute atomic E-state index is 0.328. The molecular formula is C14H15BrFN3O. The minimum Gasteiger partial charge on any atom is -0.436 e. The molecule has 0 aliphatic heterocycles. The van der Waals surface area contributed by atoms with E-state index in [1.807, 2.05) is 6.07 Å². The van der Waals surface area contributed by atoms with E-state index in [9.17, 15) is 4.39 Å². The van der Waals surface area contributed by atoms with Crippen molar-refractivity contribution in [1.29, 1.82) is 0 Å². The van der Waals surface area contributed by atoms with Crippen LogP contribution in [-0.4, -0.2) is 16.2 Å². The van der Waals surface area contributed by atoms with Crippen molar-refractivity contribution in [1.82, 2.24) is 15.5 Å². The predicted molar refractivity (Wildman–Crippen MR) is 78.2 cm³/mol. The Kier molecular flexibility index (Phi) is 5.03. The number of aromatic nitrogens is 2. The second-order valence-electron chi connectivity index (χ2n) is 4.58. The first-order valence-corrected chi connectivity index (χ1v) is 7.03. The predicted octanol–water partition coefficient (Wildman–Crippen LogP) is 3.67. The fourth-order valence-corrected chi connectivity index (χ4v) is 1.91. The molecule has 1 heterocycles. The molecular weight excluding hydrogens is 325 g/mol. The van der Waals surface area contributed by atoms with Crippen molar-refractivity contribution in [3.8, 4) is 11.6 Å². The van der Waals surface area contributed by atoms with Crippen molar-refractivity contribution < 1.29 is 9.13 Å². The van der Waals surface area contributed by atoms with Gasteiger partial charge in [0.1, 0.15) is 11.6 Å². The molecule has 1 aromatic heterocycles. The molecule has 20 heavy (non-hydrogen) atoms. The number of nitrogens with one attached hydrogen (secondary N) is 1. The molecule has 2 aromatic rings. The quantitative estimate of drug-likeness (QED) is 0.902. The summed E-state index contributed by atoms with van der Waals surface area (Å²) in [5.41, 5.74) is 0.837. The average molecular weight is 340 g/mol. The zero-order chi connectivity index (χ0) is 14.5. The van der Waals surface area contributed by atoms with Gasteiger partial charge in [-0.05, 0) is 40.2 Å². The van der Waals surface area contributed by atoms with E-state index >= 15 is 0 Å².